The van der Waals surface area contributed by atoms with Crippen LogP contribution in [0.25, 0.3) is 0 Å². The van der Waals surface area contributed by atoms with Crippen LogP contribution >= 0.6 is 15.9 Å². The zero-order valence-corrected chi connectivity index (χ0v) is 12.1. The Balaban J connectivity index is 2.25. The van der Waals surface area contributed by atoms with E-state index >= 15 is 0 Å². The molecule has 0 aliphatic heterocycles. The maximum absolute atomic E-state index is 5.59. The average Bonchev–Trinajstić information content (AvgIpc) is 2.38. The Bertz CT molecular complexity index is 592. The number of nitrogens with two attached hydrogens (primary N) is 1. The molecule has 6 nitrogen and oxygen atoms in total. The van der Waals surface area contributed by atoms with Crippen LogP contribution in [0.5, 0.6) is 11.6 Å². The lowest BCUT2D eigenvalue weighted by Crippen LogP contribution is -2.01. The fourth-order valence-electron chi connectivity index (χ4n) is 1.50. The Morgan fingerprint density at radius 3 is 2.58 bits per heavy atom. The lowest BCUT2D eigenvalue weighted by Gasteiger charge is -2.09. The highest BCUT2D eigenvalue weighted by molar-refractivity contribution is 9.10. The molecule has 0 unspecified atom stereocenters. The van der Waals surface area contributed by atoms with E-state index in [2.05, 4.69) is 31.2 Å². The van der Waals surface area contributed by atoms with Gasteiger partial charge in [0.1, 0.15) is 11.6 Å². The predicted octanol–water partition coefficient (Wildman–Crippen LogP) is 2.58. The zero-order chi connectivity index (χ0) is 13.8. The van der Waals surface area contributed by atoms with Crippen LogP contribution in [0, 0.1) is 0 Å². The molecule has 19 heavy (non-hydrogen) atoms. The molecule has 2 rings (SSSR count). The minimum atomic E-state index is 0.148. The zero-order valence-electron chi connectivity index (χ0n) is 10.5. The molecular weight excluding hydrogens is 312 g/mol. The van der Waals surface area contributed by atoms with E-state index < -0.39 is 0 Å². The summed E-state index contributed by atoms with van der Waals surface area (Å²) in [6, 6.07) is 7.25. The molecule has 0 atom stereocenters. The van der Waals surface area contributed by atoms with Gasteiger partial charge in [0.05, 0.1) is 18.7 Å². The monoisotopic (exact) mass is 324 g/mol. The van der Waals surface area contributed by atoms with Crippen LogP contribution in [0.15, 0.2) is 28.7 Å². The molecule has 0 spiro atoms. The normalized spacial score (nSPS) is 10.1. The Morgan fingerprint density at radius 1 is 1.16 bits per heavy atom. The summed E-state index contributed by atoms with van der Waals surface area (Å²) in [5.41, 5.74) is 6.43. The highest BCUT2D eigenvalue weighted by atomic mass is 79.9. The predicted molar refractivity (Wildman–Crippen MR) is 77.0 cm³/mol. The minimum absolute atomic E-state index is 0.148. The Labute approximate surface area is 119 Å². The first-order valence-electron chi connectivity index (χ1n) is 5.41. The van der Waals surface area contributed by atoms with Gasteiger partial charge in [0.2, 0.25) is 11.8 Å². The first-order valence-corrected chi connectivity index (χ1v) is 6.21. The van der Waals surface area contributed by atoms with E-state index in [1.54, 1.807) is 13.2 Å². The Morgan fingerprint density at radius 2 is 1.95 bits per heavy atom. The van der Waals surface area contributed by atoms with Crippen LogP contribution in [0.2, 0.25) is 0 Å². The van der Waals surface area contributed by atoms with Gasteiger partial charge in [-0.1, -0.05) is 0 Å². The van der Waals surface area contributed by atoms with E-state index in [0.717, 1.165) is 15.9 Å². The van der Waals surface area contributed by atoms with Gasteiger partial charge in [-0.25, -0.2) is 0 Å². The average molecular weight is 325 g/mol. The third-order valence-corrected chi connectivity index (χ3v) is 2.97. The number of benzene rings is 1. The van der Waals surface area contributed by atoms with E-state index in [1.807, 2.05) is 18.2 Å². The van der Waals surface area contributed by atoms with Crippen LogP contribution in [0.1, 0.15) is 0 Å². The van der Waals surface area contributed by atoms with E-state index in [1.165, 1.54) is 7.11 Å². The molecule has 1 aromatic carbocycles. The van der Waals surface area contributed by atoms with Crippen LogP contribution in [0.3, 0.4) is 0 Å². The van der Waals surface area contributed by atoms with E-state index in [9.17, 15) is 0 Å². The van der Waals surface area contributed by atoms with Crippen molar-refractivity contribution in [3.8, 4) is 11.6 Å². The molecule has 0 aliphatic rings. The van der Waals surface area contributed by atoms with Crippen molar-refractivity contribution in [1.29, 1.82) is 0 Å². The van der Waals surface area contributed by atoms with Gasteiger partial charge in [0, 0.05) is 11.8 Å². The highest BCUT2D eigenvalue weighted by Crippen LogP contribution is 2.29. The van der Waals surface area contributed by atoms with Crippen molar-refractivity contribution in [1.82, 2.24) is 9.97 Å². The second-order valence-corrected chi connectivity index (χ2v) is 4.48. The fourth-order valence-corrected chi connectivity index (χ4v) is 2.04. The minimum Gasteiger partial charge on any atom is -0.496 e. The molecule has 3 N–H and O–H groups in total. The molecule has 0 saturated heterocycles. The topological polar surface area (TPSA) is 82.3 Å². The summed E-state index contributed by atoms with van der Waals surface area (Å²) in [4.78, 5) is 7.99. The summed E-state index contributed by atoms with van der Waals surface area (Å²) in [7, 11) is 3.14. The van der Waals surface area contributed by atoms with Crippen molar-refractivity contribution in [3.05, 3.63) is 28.7 Å². The van der Waals surface area contributed by atoms with Crippen LogP contribution in [-0.4, -0.2) is 24.2 Å². The smallest absolute Gasteiger partial charge is 0.225 e. The number of halogens is 1. The van der Waals surface area contributed by atoms with Gasteiger partial charge >= 0.3 is 0 Å². The van der Waals surface area contributed by atoms with Crippen molar-refractivity contribution in [2.45, 2.75) is 0 Å². The second-order valence-electron chi connectivity index (χ2n) is 3.63. The van der Waals surface area contributed by atoms with Gasteiger partial charge in [-0.3, -0.25) is 0 Å². The molecule has 7 heteroatoms. The number of nitrogens with zero attached hydrogens (tertiary/aromatic N) is 2. The van der Waals surface area contributed by atoms with Crippen molar-refractivity contribution in [2.24, 2.45) is 0 Å². The third kappa shape index (κ3) is 3.25. The maximum Gasteiger partial charge on any atom is 0.225 e. The van der Waals surface area contributed by atoms with Crippen molar-refractivity contribution >= 4 is 33.4 Å². The number of rotatable bonds is 4. The van der Waals surface area contributed by atoms with Gasteiger partial charge in [0.25, 0.3) is 0 Å². The molecule has 100 valence electrons. The van der Waals surface area contributed by atoms with E-state index in [4.69, 9.17) is 15.2 Å². The van der Waals surface area contributed by atoms with Crippen LogP contribution < -0.4 is 20.5 Å². The summed E-state index contributed by atoms with van der Waals surface area (Å²) in [5, 5.41) is 3.11. The van der Waals surface area contributed by atoms with Crippen LogP contribution in [-0.2, 0) is 0 Å². The van der Waals surface area contributed by atoms with E-state index in [0.29, 0.717) is 11.7 Å². The SMILES string of the molecule is COc1cc(Nc2ccc(OC)c(Br)c2)nc(N)n1. The number of anilines is 3. The third-order valence-electron chi connectivity index (χ3n) is 2.35. The summed E-state index contributed by atoms with van der Waals surface area (Å²) in [5.74, 6) is 1.86. The van der Waals surface area contributed by atoms with E-state index in [-0.39, 0.29) is 5.95 Å². The summed E-state index contributed by atoms with van der Waals surface area (Å²) < 4.78 is 11.0. The maximum atomic E-state index is 5.59. The lowest BCUT2D eigenvalue weighted by molar-refractivity contribution is 0.398. The molecule has 1 aromatic heterocycles. The number of aromatic nitrogens is 2. The number of ether oxygens (including phenoxy) is 2. The largest absolute Gasteiger partial charge is 0.496 e. The molecule has 0 radical (unpaired) electrons. The number of hydrogen-bond acceptors (Lipinski definition) is 6. The van der Waals surface area contributed by atoms with Gasteiger partial charge in [-0.05, 0) is 34.1 Å². The number of hydrogen-bond donors (Lipinski definition) is 2. The van der Waals surface area contributed by atoms with Gasteiger partial charge < -0.3 is 20.5 Å². The molecular formula is C12H13BrN4O2. The van der Waals surface area contributed by atoms with Gasteiger partial charge in [-0.2, -0.15) is 9.97 Å². The molecule has 0 fully saturated rings. The molecule has 2 aromatic rings. The summed E-state index contributed by atoms with van der Waals surface area (Å²) in [6.07, 6.45) is 0. The van der Waals surface area contributed by atoms with Crippen molar-refractivity contribution < 1.29 is 9.47 Å². The molecule has 0 saturated carbocycles. The molecule has 0 bridgehead atoms. The standard InChI is InChI=1S/C12H13BrN4O2/c1-18-9-4-3-7(5-8(9)13)15-10-6-11(19-2)17-12(14)16-10/h3-6H,1-2H3,(H3,14,15,16,17). The Hall–Kier alpha value is -2.02. The lowest BCUT2D eigenvalue weighted by atomic mass is 10.3. The molecule has 0 amide bonds. The summed E-state index contributed by atoms with van der Waals surface area (Å²) in [6.45, 7) is 0. The quantitative estimate of drug-likeness (QED) is 0.899. The van der Waals surface area contributed by atoms with Crippen LogP contribution in [0.4, 0.5) is 17.5 Å². The molecule has 1 heterocycles. The summed E-state index contributed by atoms with van der Waals surface area (Å²) >= 11 is 3.42. The van der Waals surface area contributed by atoms with Gasteiger partial charge in [0.15, 0.2) is 0 Å². The number of nitrogens with one attached hydrogen (secondary N) is 1. The Kier molecular flexibility index (Phi) is 4.06. The number of methoxy groups -OCH3 is 2. The highest BCUT2D eigenvalue weighted by Gasteiger charge is 2.05. The first-order chi connectivity index (χ1) is 9.12. The van der Waals surface area contributed by atoms with Gasteiger partial charge in [-0.15, -0.1) is 0 Å². The second kappa shape index (κ2) is 5.75. The van der Waals surface area contributed by atoms with Crippen molar-refractivity contribution in [3.63, 3.8) is 0 Å². The first kappa shape index (κ1) is 13.4. The molecule has 0 aliphatic carbocycles. The number of nitrogen functional groups attached to an aromatic ring is 1. The van der Waals surface area contributed by atoms with Crippen molar-refractivity contribution in [2.75, 3.05) is 25.3 Å². The fraction of sp³-hybridized carbons (Fsp3) is 0.167.